The summed E-state index contributed by atoms with van der Waals surface area (Å²) in [6.45, 7) is 1.01. The summed E-state index contributed by atoms with van der Waals surface area (Å²) in [6.07, 6.45) is 3.22. The molecule has 130 valence electrons. The van der Waals surface area contributed by atoms with Crippen LogP contribution in [0.4, 0.5) is 0 Å². The molecule has 2 N–H and O–H groups in total. The Morgan fingerprint density at radius 3 is 2.83 bits per heavy atom. The predicted octanol–water partition coefficient (Wildman–Crippen LogP) is 0.449. The summed E-state index contributed by atoms with van der Waals surface area (Å²) in [6, 6.07) is 5.25. The molecular weight excluding hydrogens is 314 g/mol. The molecule has 1 atom stereocenters. The maximum Gasteiger partial charge on any atom is 0.329 e. The number of ether oxygens (including phenoxy) is 3. The second-order valence-corrected chi connectivity index (χ2v) is 5.13. The van der Waals surface area contributed by atoms with Crippen molar-refractivity contribution in [1.29, 1.82) is 0 Å². The van der Waals surface area contributed by atoms with E-state index < -0.39 is 11.8 Å². The van der Waals surface area contributed by atoms with E-state index in [0.29, 0.717) is 30.2 Å². The number of hydrogen-bond donors (Lipinski definition) is 2. The molecule has 8 nitrogen and oxygen atoms in total. The number of carbonyl (C=O) groups is 2. The van der Waals surface area contributed by atoms with E-state index in [1.54, 1.807) is 18.2 Å². The quantitative estimate of drug-likeness (QED) is 0.447. The lowest BCUT2D eigenvalue weighted by Crippen LogP contribution is -2.41. The van der Waals surface area contributed by atoms with Crippen LogP contribution in [0.1, 0.15) is 18.4 Å². The van der Waals surface area contributed by atoms with Gasteiger partial charge in [-0.3, -0.25) is 9.59 Å². The second-order valence-electron chi connectivity index (χ2n) is 5.13. The number of hydrazone groups is 1. The van der Waals surface area contributed by atoms with Crippen molar-refractivity contribution in [1.82, 2.24) is 10.7 Å². The van der Waals surface area contributed by atoms with Gasteiger partial charge in [-0.1, -0.05) is 6.07 Å². The molecule has 1 aromatic rings. The molecule has 1 heterocycles. The smallest absolute Gasteiger partial charge is 0.329 e. The Kier molecular flexibility index (Phi) is 6.56. The van der Waals surface area contributed by atoms with Gasteiger partial charge in [0.05, 0.1) is 26.5 Å². The minimum absolute atomic E-state index is 0.0219. The Morgan fingerprint density at radius 1 is 1.33 bits per heavy atom. The van der Waals surface area contributed by atoms with E-state index in [-0.39, 0.29) is 6.10 Å². The van der Waals surface area contributed by atoms with E-state index in [4.69, 9.17) is 14.2 Å². The maximum absolute atomic E-state index is 11.7. The summed E-state index contributed by atoms with van der Waals surface area (Å²) in [4.78, 5) is 23.4. The van der Waals surface area contributed by atoms with Crippen molar-refractivity contribution in [3.05, 3.63) is 23.8 Å². The maximum atomic E-state index is 11.7. The number of benzene rings is 1. The third-order valence-corrected chi connectivity index (χ3v) is 3.52. The van der Waals surface area contributed by atoms with E-state index in [2.05, 4.69) is 15.8 Å². The summed E-state index contributed by atoms with van der Waals surface area (Å²) < 4.78 is 15.8. The van der Waals surface area contributed by atoms with E-state index in [9.17, 15) is 9.59 Å². The molecule has 2 rings (SSSR count). The number of methoxy groups -OCH3 is 2. The largest absolute Gasteiger partial charge is 0.493 e. The fraction of sp³-hybridized carbons (Fsp3) is 0.438. The lowest BCUT2D eigenvalue weighted by Gasteiger charge is -2.10. The molecule has 0 aliphatic carbocycles. The lowest BCUT2D eigenvalue weighted by molar-refractivity contribution is -0.139. The lowest BCUT2D eigenvalue weighted by atomic mass is 10.2. The van der Waals surface area contributed by atoms with Crippen LogP contribution in [0, 0.1) is 0 Å². The predicted molar refractivity (Wildman–Crippen MR) is 87.3 cm³/mol. The number of carbonyl (C=O) groups excluding carboxylic acids is 2. The Balaban J connectivity index is 1.86. The Labute approximate surface area is 140 Å². The van der Waals surface area contributed by atoms with Crippen molar-refractivity contribution in [2.45, 2.75) is 18.9 Å². The SMILES string of the molecule is COc1cccc(/C=N\NC(=O)C(=O)NC[C@H]2CCCO2)c1OC. The van der Waals surface area contributed by atoms with Gasteiger partial charge in [-0.25, -0.2) is 5.43 Å². The molecule has 24 heavy (non-hydrogen) atoms. The normalized spacial score (nSPS) is 16.8. The molecule has 0 spiro atoms. The first kappa shape index (κ1) is 17.7. The van der Waals surface area contributed by atoms with Crippen LogP contribution in [0.25, 0.3) is 0 Å². The van der Waals surface area contributed by atoms with E-state index in [1.807, 2.05) is 0 Å². The fourth-order valence-corrected chi connectivity index (χ4v) is 2.32. The van der Waals surface area contributed by atoms with Gasteiger partial charge >= 0.3 is 11.8 Å². The number of para-hydroxylation sites is 1. The summed E-state index contributed by atoms with van der Waals surface area (Å²) in [5.41, 5.74) is 2.78. The van der Waals surface area contributed by atoms with Gasteiger partial charge in [0.25, 0.3) is 0 Å². The number of rotatable bonds is 6. The van der Waals surface area contributed by atoms with Crippen molar-refractivity contribution in [2.75, 3.05) is 27.4 Å². The zero-order chi connectivity index (χ0) is 17.4. The number of nitrogens with zero attached hydrogens (tertiary/aromatic N) is 1. The summed E-state index contributed by atoms with van der Waals surface area (Å²) >= 11 is 0. The highest BCUT2D eigenvalue weighted by molar-refractivity contribution is 6.35. The van der Waals surface area contributed by atoms with Crippen molar-refractivity contribution in [2.24, 2.45) is 5.10 Å². The molecule has 1 aromatic carbocycles. The van der Waals surface area contributed by atoms with Gasteiger partial charge in [-0.2, -0.15) is 5.10 Å². The summed E-state index contributed by atoms with van der Waals surface area (Å²) in [5.74, 6) is -0.561. The Morgan fingerprint density at radius 2 is 2.17 bits per heavy atom. The van der Waals surface area contributed by atoms with Gasteiger partial charge in [-0.15, -0.1) is 0 Å². The highest BCUT2D eigenvalue weighted by Gasteiger charge is 2.19. The third-order valence-electron chi connectivity index (χ3n) is 3.52. The zero-order valence-corrected chi connectivity index (χ0v) is 13.7. The highest BCUT2D eigenvalue weighted by Crippen LogP contribution is 2.29. The molecule has 1 saturated heterocycles. The van der Waals surface area contributed by atoms with Crippen LogP contribution >= 0.6 is 0 Å². The van der Waals surface area contributed by atoms with Crippen LogP contribution in [-0.4, -0.2) is 51.5 Å². The van der Waals surface area contributed by atoms with Crippen LogP contribution in [0.15, 0.2) is 23.3 Å². The highest BCUT2D eigenvalue weighted by atomic mass is 16.5. The number of hydrogen-bond acceptors (Lipinski definition) is 6. The first-order valence-electron chi connectivity index (χ1n) is 7.59. The van der Waals surface area contributed by atoms with E-state index in [1.165, 1.54) is 20.4 Å². The van der Waals surface area contributed by atoms with Gasteiger partial charge in [-0.05, 0) is 25.0 Å². The van der Waals surface area contributed by atoms with Gasteiger partial charge in [0.2, 0.25) is 0 Å². The molecule has 8 heteroatoms. The number of amides is 2. The molecule has 1 aliphatic heterocycles. The monoisotopic (exact) mass is 335 g/mol. The molecule has 0 saturated carbocycles. The van der Waals surface area contributed by atoms with Crippen molar-refractivity contribution in [3.63, 3.8) is 0 Å². The van der Waals surface area contributed by atoms with Gasteiger partial charge in [0, 0.05) is 18.7 Å². The van der Waals surface area contributed by atoms with Crippen LogP contribution in [-0.2, 0) is 14.3 Å². The first-order valence-corrected chi connectivity index (χ1v) is 7.59. The van der Waals surface area contributed by atoms with Crippen LogP contribution in [0.3, 0.4) is 0 Å². The summed E-state index contributed by atoms with van der Waals surface area (Å²) in [7, 11) is 3.03. The van der Waals surface area contributed by atoms with E-state index in [0.717, 1.165) is 12.8 Å². The minimum Gasteiger partial charge on any atom is -0.493 e. The van der Waals surface area contributed by atoms with Crippen molar-refractivity contribution in [3.8, 4) is 11.5 Å². The minimum atomic E-state index is -0.842. The van der Waals surface area contributed by atoms with Gasteiger partial charge < -0.3 is 19.5 Å². The molecular formula is C16H21N3O5. The third kappa shape index (κ3) is 4.69. The van der Waals surface area contributed by atoms with E-state index >= 15 is 0 Å². The first-order chi connectivity index (χ1) is 11.7. The number of nitrogens with one attached hydrogen (secondary N) is 2. The summed E-state index contributed by atoms with van der Waals surface area (Å²) in [5, 5.41) is 6.29. The second kappa shape index (κ2) is 8.88. The zero-order valence-electron chi connectivity index (χ0n) is 13.7. The van der Waals surface area contributed by atoms with Crippen molar-refractivity contribution >= 4 is 18.0 Å². The Bertz CT molecular complexity index is 612. The molecule has 1 fully saturated rings. The molecule has 2 amide bonds. The standard InChI is InChI=1S/C16H21N3O5/c1-22-13-7-3-5-11(14(13)23-2)9-18-19-16(21)15(20)17-10-12-6-4-8-24-12/h3,5,7,9,12H,4,6,8,10H2,1-2H3,(H,17,20)(H,19,21)/b18-9-/t12-/m1/s1. The van der Waals surface area contributed by atoms with Gasteiger partial charge in [0.1, 0.15) is 0 Å². The van der Waals surface area contributed by atoms with Crippen LogP contribution in [0.2, 0.25) is 0 Å². The molecule has 1 aliphatic rings. The van der Waals surface area contributed by atoms with Crippen LogP contribution in [0.5, 0.6) is 11.5 Å². The fourth-order valence-electron chi connectivity index (χ4n) is 2.32. The van der Waals surface area contributed by atoms with Crippen molar-refractivity contribution < 1.29 is 23.8 Å². The molecule has 0 unspecified atom stereocenters. The van der Waals surface area contributed by atoms with Gasteiger partial charge in [0.15, 0.2) is 11.5 Å². The molecule has 0 aromatic heterocycles. The Hall–Kier alpha value is -2.61. The average Bonchev–Trinajstić information content (AvgIpc) is 3.12. The molecule has 0 bridgehead atoms. The topological polar surface area (TPSA) is 98.2 Å². The van der Waals surface area contributed by atoms with Crippen LogP contribution < -0.4 is 20.2 Å². The molecule has 0 radical (unpaired) electrons. The average molecular weight is 335 g/mol.